The number of benzene rings is 1. The molecule has 7 heteroatoms. The molecule has 25 heavy (non-hydrogen) atoms. The molecule has 0 amide bonds. The summed E-state index contributed by atoms with van der Waals surface area (Å²) in [6.45, 7) is 4.50. The summed E-state index contributed by atoms with van der Waals surface area (Å²) in [5.41, 5.74) is 2.32. The standard InChI is InChI=1S/C18H26FN3O2S/c1-14(2)9-11-25(23,24)22(3)10-5-8-17-13-18(21-20-17)15-6-4-7-16(19)12-15/h4,6-7,12-14H,5,8-11H2,1-3H3,(H,20,21). The van der Waals surface area contributed by atoms with E-state index in [9.17, 15) is 12.8 Å². The molecule has 5 nitrogen and oxygen atoms in total. The number of aryl methyl sites for hydroxylation is 1. The van der Waals surface area contributed by atoms with E-state index in [1.54, 1.807) is 19.2 Å². The van der Waals surface area contributed by atoms with Crippen molar-refractivity contribution in [2.24, 2.45) is 5.92 Å². The highest BCUT2D eigenvalue weighted by Gasteiger charge is 2.17. The first-order valence-electron chi connectivity index (χ1n) is 8.52. The third-order valence-corrected chi connectivity index (χ3v) is 5.98. The number of H-pyrrole nitrogens is 1. The van der Waals surface area contributed by atoms with Gasteiger partial charge in [0.2, 0.25) is 10.0 Å². The zero-order valence-electron chi connectivity index (χ0n) is 15.0. The molecule has 0 aliphatic rings. The van der Waals surface area contributed by atoms with E-state index in [4.69, 9.17) is 0 Å². The third kappa shape index (κ3) is 5.93. The summed E-state index contributed by atoms with van der Waals surface area (Å²) < 4.78 is 39.0. The van der Waals surface area contributed by atoms with Crippen LogP contribution in [0.5, 0.6) is 0 Å². The van der Waals surface area contributed by atoms with Crippen LogP contribution in [0, 0.1) is 11.7 Å². The molecule has 0 saturated carbocycles. The lowest BCUT2D eigenvalue weighted by atomic mass is 10.1. The van der Waals surface area contributed by atoms with Gasteiger partial charge in [-0.15, -0.1) is 0 Å². The molecule has 0 fully saturated rings. The molecule has 1 heterocycles. The highest BCUT2D eigenvalue weighted by molar-refractivity contribution is 7.89. The van der Waals surface area contributed by atoms with Crippen molar-refractivity contribution in [1.29, 1.82) is 0 Å². The molecule has 1 N–H and O–H groups in total. The molecule has 1 aromatic carbocycles. The van der Waals surface area contributed by atoms with Crippen molar-refractivity contribution in [2.75, 3.05) is 19.3 Å². The predicted molar refractivity (Wildman–Crippen MR) is 98.2 cm³/mol. The zero-order valence-corrected chi connectivity index (χ0v) is 15.8. The van der Waals surface area contributed by atoms with E-state index in [0.717, 1.165) is 11.3 Å². The first-order chi connectivity index (χ1) is 11.8. The highest BCUT2D eigenvalue weighted by Crippen LogP contribution is 2.19. The summed E-state index contributed by atoms with van der Waals surface area (Å²) in [6, 6.07) is 8.16. The van der Waals surface area contributed by atoms with Gasteiger partial charge < -0.3 is 0 Å². The van der Waals surface area contributed by atoms with Crippen LogP contribution in [-0.4, -0.2) is 42.3 Å². The maximum absolute atomic E-state index is 13.3. The van der Waals surface area contributed by atoms with Gasteiger partial charge in [0.05, 0.1) is 11.4 Å². The molecule has 2 aromatic rings. The highest BCUT2D eigenvalue weighted by atomic mass is 32.2. The molecule has 138 valence electrons. The van der Waals surface area contributed by atoms with Gasteiger partial charge in [0.15, 0.2) is 0 Å². The van der Waals surface area contributed by atoms with E-state index in [2.05, 4.69) is 10.2 Å². The predicted octanol–water partition coefficient (Wildman–Crippen LogP) is 3.46. The Bertz CT molecular complexity index is 787. The van der Waals surface area contributed by atoms with Crippen LogP contribution in [0.3, 0.4) is 0 Å². The Labute approximate surface area is 149 Å². The van der Waals surface area contributed by atoms with Gasteiger partial charge in [0.25, 0.3) is 0 Å². The number of nitrogens with zero attached hydrogens (tertiary/aromatic N) is 2. The second-order valence-electron chi connectivity index (χ2n) is 6.71. The molecule has 0 radical (unpaired) electrons. The molecule has 0 aliphatic heterocycles. The maximum Gasteiger partial charge on any atom is 0.213 e. The number of hydrogen-bond donors (Lipinski definition) is 1. The van der Waals surface area contributed by atoms with Gasteiger partial charge in [-0.1, -0.05) is 26.0 Å². The van der Waals surface area contributed by atoms with Gasteiger partial charge in [-0.25, -0.2) is 17.1 Å². The average Bonchev–Trinajstić information content (AvgIpc) is 3.02. The second kappa shape index (κ2) is 8.58. The summed E-state index contributed by atoms with van der Waals surface area (Å²) in [6.07, 6.45) is 2.05. The molecule has 0 spiro atoms. The number of halogens is 1. The van der Waals surface area contributed by atoms with Crippen molar-refractivity contribution in [1.82, 2.24) is 14.5 Å². The molecule has 1 aromatic heterocycles. The largest absolute Gasteiger partial charge is 0.282 e. The number of hydrogen-bond acceptors (Lipinski definition) is 3. The van der Waals surface area contributed by atoms with Gasteiger partial charge in [-0.3, -0.25) is 5.10 Å². The fourth-order valence-electron chi connectivity index (χ4n) is 2.46. The lowest BCUT2D eigenvalue weighted by molar-refractivity contribution is 0.455. The van der Waals surface area contributed by atoms with E-state index in [0.29, 0.717) is 37.4 Å². The van der Waals surface area contributed by atoms with Gasteiger partial charge >= 0.3 is 0 Å². The Hall–Kier alpha value is -1.73. The average molecular weight is 367 g/mol. The molecule has 0 bridgehead atoms. The minimum atomic E-state index is -3.19. The van der Waals surface area contributed by atoms with E-state index in [1.807, 2.05) is 19.9 Å². The first kappa shape index (κ1) is 19.6. The van der Waals surface area contributed by atoms with Crippen LogP contribution < -0.4 is 0 Å². The molecule has 0 aliphatic carbocycles. The molecule has 0 atom stereocenters. The number of rotatable bonds is 9. The number of aromatic nitrogens is 2. The SMILES string of the molecule is CC(C)CCS(=O)(=O)N(C)CCCc1cc(-c2cccc(F)c2)n[nH]1. The Morgan fingerprint density at radius 2 is 2.04 bits per heavy atom. The lowest BCUT2D eigenvalue weighted by Gasteiger charge is -2.17. The molecule has 2 rings (SSSR count). The fraction of sp³-hybridized carbons (Fsp3) is 0.500. The van der Waals surface area contributed by atoms with Crippen LogP contribution in [0.25, 0.3) is 11.3 Å². The van der Waals surface area contributed by atoms with Crippen molar-refractivity contribution in [3.8, 4) is 11.3 Å². The van der Waals surface area contributed by atoms with Gasteiger partial charge in [0, 0.05) is 24.8 Å². The number of sulfonamides is 1. The van der Waals surface area contributed by atoms with Crippen molar-refractivity contribution in [3.05, 3.63) is 41.8 Å². The van der Waals surface area contributed by atoms with Crippen molar-refractivity contribution in [3.63, 3.8) is 0 Å². The van der Waals surface area contributed by atoms with Crippen LogP contribution in [-0.2, 0) is 16.4 Å². The van der Waals surface area contributed by atoms with E-state index < -0.39 is 10.0 Å². The normalized spacial score (nSPS) is 12.2. The third-order valence-electron chi connectivity index (χ3n) is 4.10. The molecular formula is C18H26FN3O2S. The maximum atomic E-state index is 13.3. The Kier molecular flexibility index (Phi) is 6.72. The van der Waals surface area contributed by atoms with E-state index >= 15 is 0 Å². The summed E-state index contributed by atoms with van der Waals surface area (Å²) in [5.74, 6) is 0.263. The summed E-state index contributed by atoms with van der Waals surface area (Å²) in [7, 11) is -1.56. The second-order valence-corrected chi connectivity index (χ2v) is 8.91. The molecule has 0 unspecified atom stereocenters. The van der Waals surface area contributed by atoms with Crippen LogP contribution in [0.4, 0.5) is 4.39 Å². The van der Waals surface area contributed by atoms with Crippen LogP contribution >= 0.6 is 0 Å². The summed E-state index contributed by atoms with van der Waals surface area (Å²) >= 11 is 0. The van der Waals surface area contributed by atoms with E-state index in [1.165, 1.54) is 16.4 Å². The van der Waals surface area contributed by atoms with Crippen molar-refractivity contribution in [2.45, 2.75) is 33.1 Å². The van der Waals surface area contributed by atoms with Crippen molar-refractivity contribution >= 4 is 10.0 Å². The Morgan fingerprint density at radius 3 is 2.72 bits per heavy atom. The van der Waals surface area contributed by atoms with Crippen LogP contribution in [0.2, 0.25) is 0 Å². The number of nitrogens with one attached hydrogen (secondary N) is 1. The summed E-state index contributed by atoms with van der Waals surface area (Å²) in [4.78, 5) is 0. The smallest absolute Gasteiger partial charge is 0.213 e. The van der Waals surface area contributed by atoms with E-state index in [-0.39, 0.29) is 11.6 Å². The van der Waals surface area contributed by atoms with Gasteiger partial charge in [-0.05, 0) is 43.4 Å². The fourth-order valence-corrected chi connectivity index (χ4v) is 3.95. The minimum absolute atomic E-state index is 0.189. The molecule has 0 saturated heterocycles. The zero-order chi connectivity index (χ0) is 18.4. The molecular weight excluding hydrogens is 341 g/mol. The van der Waals surface area contributed by atoms with Gasteiger partial charge in [-0.2, -0.15) is 5.10 Å². The first-order valence-corrected chi connectivity index (χ1v) is 10.1. The topological polar surface area (TPSA) is 66.1 Å². The van der Waals surface area contributed by atoms with Crippen LogP contribution in [0.15, 0.2) is 30.3 Å². The number of aromatic amines is 1. The van der Waals surface area contributed by atoms with Crippen LogP contribution in [0.1, 0.15) is 32.4 Å². The van der Waals surface area contributed by atoms with Gasteiger partial charge in [0.1, 0.15) is 5.82 Å². The quantitative estimate of drug-likeness (QED) is 0.738. The lowest BCUT2D eigenvalue weighted by Crippen LogP contribution is -2.30. The monoisotopic (exact) mass is 367 g/mol. The Morgan fingerprint density at radius 1 is 1.28 bits per heavy atom. The van der Waals surface area contributed by atoms with Crippen molar-refractivity contribution < 1.29 is 12.8 Å². The minimum Gasteiger partial charge on any atom is -0.282 e. The summed E-state index contributed by atoms with van der Waals surface area (Å²) in [5, 5.41) is 7.14. The Balaban J connectivity index is 1.86.